The molecule has 3 rings (SSSR count). The lowest BCUT2D eigenvalue weighted by Crippen LogP contribution is -2.17. The zero-order valence-electron chi connectivity index (χ0n) is 15.5. The van der Waals surface area contributed by atoms with Crippen LogP contribution in [0.15, 0.2) is 59.2 Å². The minimum atomic E-state index is 0.592. The normalized spacial score (nSPS) is 10.8. The first-order valence-electron chi connectivity index (χ1n) is 8.82. The molecule has 0 atom stereocenters. The highest BCUT2D eigenvalue weighted by molar-refractivity contribution is 9.10. The summed E-state index contributed by atoms with van der Waals surface area (Å²) in [4.78, 5) is 15.8. The molecule has 3 aromatic rings. The Bertz CT molecular complexity index is 869. The fourth-order valence-corrected chi connectivity index (χ4v) is 2.94. The molecule has 0 saturated heterocycles. The topological polar surface area (TPSA) is 66.0 Å². The third kappa shape index (κ3) is 6.01. The molecule has 140 valence electrons. The smallest absolute Gasteiger partial charge is 0.225 e. The summed E-state index contributed by atoms with van der Waals surface area (Å²) in [6.45, 7) is 1.82. The maximum atomic E-state index is 4.63. The van der Waals surface area contributed by atoms with Gasteiger partial charge in [-0.25, -0.2) is 4.98 Å². The van der Waals surface area contributed by atoms with Crippen LogP contribution >= 0.6 is 15.9 Å². The molecular weight excluding hydrogens is 404 g/mol. The van der Waals surface area contributed by atoms with Crippen LogP contribution in [0.25, 0.3) is 11.4 Å². The van der Waals surface area contributed by atoms with E-state index < -0.39 is 0 Å². The molecule has 7 heteroatoms. The van der Waals surface area contributed by atoms with Gasteiger partial charge in [0.15, 0.2) is 0 Å². The number of pyridine rings is 1. The highest BCUT2D eigenvalue weighted by atomic mass is 79.9. The number of anilines is 3. The van der Waals surface area contributed by atoms with Crippen molar-refractivity contribution in [3.63, 3.8) is 0 Å². The largest absolute Gasteiger partial charge is 0.354 e. The number of rotatable bonds is 8. The van der Waals surface area contributed by atoms with Gasteiger partial charge in [0.05, 0.1) is 11.4 Å². The SMILES string of the molecule is CN(C)CCCNc1nc(Nc2cccc(Br)c2)cc(-c2ccccn2)n1. The number of hydrogen-bond acceptors (Lipinski definition) is 6. The highest BCUT2D eigenvalue weighted by Crippen LogP contribution is 2.24. The molecule has 2 heterocycles. The Labute approximate surface area is 168 Å². The summed E-state index contributed by atoms with van der Waals surface area (Å²) < 4.78 is 1.01. The Morgan fingerprint density at radius 1 is 1.00 bits per heavy atom. The summed E-state index contributed by atoms with van der Waals surface area (Å²) in [6, 6.07) is 15.7. The molecule has 0 bridgehead atoms. The number of benzene rings is 1. The number of nitrogens with one attached hydrogen (secondary N) is 2. The summed E-state index contributed by atoms with van der Waals surface area (Å²) >= 11 is 3.50. The van der Waals surface area contributed by atoms with E-state index in [0.29, 0.717) is 5.95 Å². The summed E-state index contributed by atoms with van der Waals surface area (Å²) in [5.41, 5.74) is 2.54. The second kappa shape index (κ2) is 9.43. The summed E-state index contributed by atoms with van der Waals surface area (Å²) in [5, 5.41) is 6.67. The van der Waals surface area contributed by atoms with Crippen LogP contribution in [0.5, 0.6) is 0 Å². The van der Waals surface area contributed by atoms with Crippen molar-refractivity contribution in [1.29, 1.82) is 0 Å². The molecule has 0 aliphatic carbocycles. The molecule has 2 aromatic heterocycles. The van der Waals surface area contributed by atoms with Crippen LogP contribution in [-0.4, -0.2) is 47.0 Å². The standard InChI is InChI=1S/C20H23BrN6/c1-27(2)12-6-11-23-20-25-18(17-9-3-4-10-22-17)14-19(26-20)24-16-8-5-7-15(21)13-16/h3-5,7-10,13-14H,6,11-12H2,1-2H3,(H2,23,24,25,26). The molecule has 0 saturated carbocycles. The molecule has 0 aliphatic rings. The predicted octanol–water partition coefficient (Wildman–Crippen LogP) is 4.41. The zero-order valence-corrected chi connectivity index (χ0v) is 17.1. The Morgan fingerprint density at radius 3 is 2.63 bits per heavy atom. The fourth-order valence-electron chi connectivity index (χ4n) is 2.55. The maximum absolute atomic E-state index is 4.63. The van der Waals surface area contributed by atoms with Crippen LogP contribution in [0.1, 0.15) is 6.42 Å². The van der Waals surface area contributed by atoms with Gasteiger partial charge in [0.2, 0.25) is 5.95 Å². The highest BCUT2D eigenvalue weighted by Gasteiger charge is 2.08. The Hall–Kier alpha value is -2.51. The summed E-state index contributed by atoms with van der Waals surface area (Å²) in [5.74, 6) is 1.31. The Balaban J connectivity index is 1.83. The van der Waals surface area contributed by atoms with Crippen LogP contribution in [0.3, 0.4) is 0 Å². The van der Waals surface area contributed by atoms with Crippen LogP contribution in [0.2, 0.25) is 0 Å². The van der Waals surface area contributed by atoms with E-state index in [9.17, 15) is 0 Å². The van der Waals surface area contributed by atoms with Crippen molar-refractivity contribution >= 4 is 33.4 Å². The monoisotopic (exact) mass is 426 g/mol. The molecule has 6 nitrogen and oxygen atoms in total. The molecule has 0 spiro atoms. The second-order valence-electron chi connectivity index (χ2n) is 6.40. The van der Waals surface area contributed by atoms with Gasteiger partial charge in [-0.1, -0.05) is 28.1 Å². The summed E-state index contributed by atoms with van der Waals surface area (Å²) in [7, 11) is 4.14. The number of halogens is 1. The third-order valence-corrected chi connectivity index (χ3v) is 4.31. The van der Waals surface area contributed by atoms with Gasteiger partial charge in [-0.05, 0) is 57.4 Å². The summed E-state index contributed by atoms with van der Waals surface area (Å²) in [6.07, 6.45) is 2.78. The van der Waals surface area contributed by atoms with Crippen LogP contribution in [-0.2, 0) is 0 Å². The van der Waals surface area contributed by atoms with Crippen molar-refractivity contribution in [2.24, 2.45) is 0 Å². The molecule has 0 aliphatic heterocycles. The van der Waals surface area contributed by atoms with Crippen molar-refractivity contribution in [3.05, 3.63) is 59.2 Å². The molecule has 27 heavy (non-hydrogen) atoms. The quantitative estimate of drug-likeness (QED) is 0.520. The van der Waals surface area contributed by atoms with Crippen LogP contribution in [0.4, 0.5) is 17.5 Å². The van der Waals surface area contributed by atoms with E-state index in [1.54, 1.807) is 6.20 Å². The first kappa shape index (κ1) is 19.3. The average molecular weight is 427 g/mol. The van der Waals surface area contributed by atoms with Gasteiger partial charge in [0, 0.05) is 29.0 Å². The van der Waals surface area contributed by atoms with Gasteiger partial charge >= 0.3 is 0 Å². The molecule has 1 aromatic carbocycles. The van der Waals surface area contributed by atoms with Gasteiger partial charge in [-0.3, -0.25) is 4.98 Å². The van der Waals surface area contributed by atoms with E-state index in [1.807, 2.05) is 48.5 Å². The third-order valence-electron chi connectivity index (χ3n) is 3.82. The van der Waals surface area contributed by atoms with Crippen molar-refractivity contribution in [3.8, 4) is 11.4 Å². The molecular formula is C20H23BrN6. The van der Waals surface area contributed by atoms with Gasteiger partial charge in [-0.15, -0.1) is 0 Å². The lowest BCUT2D eigenvalue weighted by atomic mass is 10.2. The van der Waals surface area contributed by atoms with E-state index in [4.69, 9.17) is 0 Å². The minimum absolute atomic E-state index is 0.592. The number of nitrogens with zero attached hydrogens (tertiary/aromatic N) is 4. The van der Waals surface area contributed by atoms with Gasteiger partial charge in [-0.2, -0.15) is 4.98 Å². The van der Waals surface area contributed by atoms with Crippen molar-refractivity contribution in [2.75, 3.05) is 37.8 Å². The second-order valence-corrected chi connectivity index (χ2v) is 7.31. The van der Waals surface area contributed by atoms with Crippen LogP contribution in [0, 0.1) is 0 Å². The minimum Gasteiger partial charge on any atom is -0.354 e. The predicted molar refractivity (Wildman–Crippen MR) is 114 cm³/mol. The Morgan fingerprint density at radius 2 is 1.89 bits per heavy atom. The fraction of sp³-hybridized carbons (Fsp3) is 0.250. The van der Waals surface area contributed by atoms with Crippen molar-refractivity contribution in [1.82, 2.24) is 19.9 Å². The van der Waals surface area contributed by atoms with E-state index in [-0.39, 0.29) is 0 Å². The van der Waals surface area contributed by atoms with Gasteiger partial charge < -0.3 is 15.5 Å². The molecule has 0 fully saturated rings. The first-order chi connectivity index (χ1) is 13.1. The van der Waals surface area contributed by atoms with Gasteiger partial charge in [0.25, 0.3) is 0 Å². The van der Waals surface area contributed by atoms with Gasteiger partial charge in [0.1, 0.15) is 5.82 Å². The number of hydrogen-bond donors (Lipinski definition) is 2. The maximum Gasteiger partial charge on any atom is 0.225 e. The molecule has 2 N–H and O–H groups in total. The van der Waals surface area contributed by atoms with E-state index in [2.05, 4.69) is 60.5 Å². The van der Waals surface area contributed by atoms with Crippen molar-refractivity contribution in [2.45, 2.75) is 6.42 Å². The lowest BCUT2D eigenvalue weighted by Gasteiger charge is -2.12. The first-order valence-corrected chi connectivity index (χ1v) is 9.61. The molecule has 0 amide bonds. The van der Waals surface area contributed by atoms with E-state index >= 15 is 0 Å². The molecule has 0 unspecified atom stereocenters. The van der Waals surface area contributed by atoms with E-state index in [0.717, 1.165) is 46.9 Å². The Kier molecular flexibility index (Phi) is 6.73. The van der Waals surface area contributed by atoms with Crippen molar-refractivity contribution < 1.29 is 0 Å². The molecule has 0 radical (unpaired) electrons. The average Bonchev–Trinajstić information content (AvgIpc) is 2.66. The number of aromatic nitrogens is 3. The van der Waals surface area contributed by atoms with E-state index in [1.165, 1.54) is 0 Å². The lowest BCUT2D eigenvalue weighted by molar-refractivity contribution is 0.405. The zero-order chi connectivity index (χ0) is 19.1. The van der Waals surface area contributed by atoms with Crippen LogP contribution < -0.4 is 10.6 Å².